The molecule has 14 heavy (non-hydrogen) atoms. The molecule has 0 aromatic heterocycles. The van der Waals surface area contributed by atoms with Gasteiger partial charge in [0.1, 0.15) is 0 Å². The number of allylic oxidation sites excluding steroid dienone is 1. The zero-order valence-corrected chi connectivity index (χ0v) is 8.78. The van der Waals surface area contributed by atoms with Crippen molar-refractivity contribution < 1.29 is 19.0 Å². The van der Waals surface area contributed by atoms with Crippen molar-refractivity contribution in [3.05, 3.63) is 24.7 Å². The van der Waals surface area contributed by atoms with Crippen molar-refractivity contribution in [3.8, 4) is 0 Å². The van der Waals surface area contributed by atoms with Gasteiger partial charge in [0.05, 0.1) is 13.4 Å². The van der Waals surface area contributed by atoms with Crippen LogP contribution in [0.5, 0.6) is 0 Å². The van der Waals surface area contributed by atoms with Crippen LogP contribution in [0.25, 0.3) is 0 Å². The van der Waals surface area contributed by atoms with E-state index in [0.717, 1.165) is 0 Å². The summed E-state index contributed by atoms with van der Waals surface area (Å²) in [6, 6.07) is 0. The Balaban J connectivity index is 4.30. The summed E-state index contributed by atoms with van der Waals surface area (Å²) >= 11 is 0. The van der Waals surface area contributed by atoms with Gasteiger partial charge in [0.2, 0.25) is 12.0 Å². The Labute approximate surface area is 84.1 Å². The summed E-state index contributed by atoms with van der Waals surface area (Å²) < 4.78 is 14.6. The van der Waals surface area contributed by atoms with E-state index in [1.54, 1.807) is 13.0 Å². The largest absolute Gasteiger partial charge is 0.463 e. The lowest BCUT2D eigenvalue weighted by Crippen LogP contribution is -2.16. The van der Waals surface area contributed by atoms with E-state index in [2.05, 4.69) is 11.3 Å². The number of carbonyl (C=O) groups is 1. The van der Waals surface area contributed by atoms with E-state index >= 15 is 0 Å². The SMILES string of the molecule is C=COC(C)OC(=CCC)C(=O)OC. The van der Waals surface area contributed by atoms with Crippen LogP contribution in [0, 0.1) is 0 Å². The molecule has 0 aliphatic heterocycles. The molecular weight excluding hydrogens is 184 g/mol. The fourth-order valence-corrected chi connectivity index (χ4v) is 0.808. The van der Waals surface area contributed by atoms with Crippen molar-refractivity contribution >= 4 is 5.97 Å². The van der Waals surface area contributed by atoms with Crippen LogP contribution in [0.2, 0.25) is 0 Å². The molecule has 0 saturated heterocycles. The summed E-state index contributed by atoms with van der Waals surface area (Å²) in [7, 11) is 1.30. The van der Waals surface area contributed by atoms with Gasteiger partial charge in [-0.05, 0) is 12.5 Å². The van der Waals surface area contributed by atoms with E-state index in [9.17, 15) is 4.79 Å². The first-order valence-corrected chi connectivity index (χ1v) is 4.37. The maximum Gasteiger partial charge on any atom is 0.373 e. The lowest BCUT2D eigenvalue weighted by atomic mass is 10.4. The minimum atomic E-state index is -0.551. The molecule has 1 atom stereocenters. The maximum atomic E-state index is 11.1. The van der Waals surface area contributed by atoms with Gasteiger partial charge < -0.3 is 14.2 Å². The second kappa shape index (κ2) is 7.00. The number of esters is 1. The fourth-order valence-electron chi connectivity index (χ4n) is 0.808. The molecule has 4 heteroatoms. The summed E-state index contributed by atoms with van der Waals surface area (Å²) in [5, 5.41) is 0. The molecule has 4 nitrogen and oxygen atoms in total. The quantitative estimate of drug-likeness (QED) is 0.284. The first kappa shape index (κ1) is 12.6. The zero-order valence-electron chi connectivity index (χ0n) is 8.78. The molecule has 0 radical (unpaired) electrons. The van der Waals surface area contributed by atoms with Crippen LogP contribution in [0.3, 0.4) is 0 Å². The van der Waals surface area contributed by atoms with Gasteiger partial charge in [-0.15, -0.1) is 0 Å². The summed E-state index contributed by atoms with van der Waals surface area (Å²) in [5.41, 5.74) is 0. The van der Waals surface area contributed by atoms with Gasteiger partial charge >= 0.3 is 5.97 Å². The molecule has 0 aliphatic rings. The molecule has 0 aromatic carbocycles. The topological polar surface area (TPSA) is 44.8 Å². The molecule has 0 rings (SSSR count). The van der Waals surface area contributed by atoms with E-state index < -0.39 is 12.3 Å². The molecule has 0 aliphatic carbocycles. The number of carbonyl (C=O) groups excluding carboxylic acids is 1. The van der Waals surface area contributed by atoms with E-state index in [0.29, 0.717) is 6.42 Å². The van der Waals surface area contributed by atoms with Crippen LogP contribution in [-0.2, 0) is 19.0 Å². The highest BCUT2D eigenvalue weighted by atomic mass is 16.7. The van der Waals surface area contributed by atoms with E-state index in [-0.39, 0.29) is 5.76 Å². The third-order valence-corrected chi connectivity index (χ3v) is 1.36. The molecule has 0 N–H and O–H groups in total. The van der Waals surface area contributed by atoms with E-state index in [1.165, 1.54) is 13.4 Å². The van der Waals surface area contributed by atoms with Crippen LogP contribution in [0.1, 0.15) is 20.3 Å². The molecule has 0 saturated carbocycles. The van der Waals surface area contributed by atoms with Crippen molar-refractivity contribution in [2.75, 3.05) is 7.11 Å². The Morgan fingerprint density at radius 3 is 2.64 bits per heavy atom. The average molecular weight is 200 g/mol. The van der Waals surface area contributed by atoms with Gasteiger partial charge in [-0.25, -0.2) is 4.79 Å². The molecule has 0 bridgehead atoms. The van der Waals surface area contributed by atoms with Gasteiger partial charge in [0, 0.05) is 6.92 Å². The van der Waals surface area contributed by atoms with Crippen LogP contribution in [0.4, 0.5) is 0 Å². The van der Waals surface area contributed by atoms with E-state index in [1.807, 2.05) is 6.92 Å². The smallest absolute Gasteiger partial charge is 0.373 e. The van der Waals surface area contributed by atoms with Crippen LogP contribution < -0.4 is 0 Å². The van der Waals surface area contributed by atoms with Crippen LogP contribution >= 0.6 is 0 Å². The van der Waals surface area contributed by atoms with Crippen molar-refractivity contribution in [3.63, 3.8) is 0 Å². The van der Waals surface area contributed by atoms with Crippen molar-refractivity contribution in [1.29, 1.82) is 0 Å². The number of ether oxygens (including phenoxy) is 3. The highest BCUT2D eigenvalue weighted by Crippen LogP contribution is 2.07. The molecule has 0 fully saturated rings. The third-order valence-electron chi connectivity index (χ3n) is 1.36. The Morgan fingerprint density at radius 2 is 2.21 bits per heavy atom. The highest BCUT2D eigenvalue weighted by molar-refractivity contribution is 5.86. The molecule has 0 heterocycles. The lowest BCUT2D eigenvalue weighted by Gasteiger charge is -2.14. The van der Waals surface area contributed by atoms with Gasteiger partial charge in [-0.2, -0.15) is 0 Å². The average Bonchev–Trinajstić information content (AvgIpc) is 2.16. The van der Waals surface area contributed by atoms with Crippen molar-refractivity contribution in [1.82, 2.24) is 0 Å². The molecule has 0 aromatic rings. The number of rotatable bonds is 6. The number of methoxy groups -OCH3 is 1. The second-order valence-corrected chi connectivity index (χ2v) is 2.46. The van der Waals surface area contributed by atoms with Gasteiger partial charge in [-0.1, -0.05) is 13.5 Å². The first-order chi connectivity index (χ1) is 6.65. The number of hydrogen-bond acceptors (Lipinski definition) is 4. The lowest BCUT2D eigenvalue weighted by molar-refractivity contribution is -0.146. The standard InChI is InChI=1S/C10H16O4/c1-5-7-9(10(11)12-4)14-8(3)13-6-2/h6-8H,2,5H2,1,3-4H3. The monoisotopic (exact) mass is 200 g/mol. The number of hydrogen-bond donors (Lipinski definition) is 0. The predicted octanol–water partition coefficient (Wildman–Crippen LogP) is 1.98. The minimum Gasteiger partial charge on any atom is -0.463 e. The molecule has 0 spiro atoms. The Morgan fingerprint density at radius 1 is 1.57 bits per heavy atom. The normalized spacial score (nSPS) is 12.9. The Hall–Kier alpha value is -1.45. The Kier molecular flexibility index (Phi) is 6.28. The summed E-state index contributed by atoms with van der Waals surface area (Å²) in [6.07, 6.45) is 3.02. The fraction of sp³-hybridized carbons (Fsp3) is 0.500. The minimum absolute atomic E-state index is 0.157. The van der Waals surface area contributed by atoms with Crippen molar-refractivity contribution in [2.45, 2.75) is 26.6 Å². The predicted molar refractivity (Wildman–Crippen MR) is 52.2 cm³/mol. The molecular formula is C10H16O4. The van der Waals surface area contributed by atoms with E-state index in [4.69, 9.17) is 9.47 Å². The summed E-state index contributed by atoms with van der Waals surface area (Å²) in [4.78, 5) is 11.1. The molecule has 80 valence electrons. The van der Waals surface area contributed by atoms with Gasteiger partial charge in [0.25, 0.3) is 0 Å². The Bertz CT molecular complexity index is 220. The van der Waals surface area contributed by atoms with Crippen LogP contribution in [-0.4, -0.2) is 19.4 Å². The van der Waals surface area contributed by atoms with Crippen LogP contribution in [0.15, 0.2) is 24.7 Å². The third kappa shape index (κ3) is 4.54. The molecule has 1 unspecified atom stereocenters. The van der Waals surface area contributed by atoms with Crippen molar-refractivity contribution in [2.24, 2.45) is 0 Å². The first-order valence-electron chi connectivity index (χ1n) is 4.37. The maximum absolute atomic E-state index is 11.1. The summed E-state index contributed by atoms with van der Waals surface area (Å²) in [5.74, 6) is -0.351. The molecule has 0 amide bonds. The second-order valence-electron chi connectivity index (χ2n) is 2.46. The zero-order chi connectivity index (χ0) is 11.0. The van der Waals surface area contributed by atoms with Gasteiger partial charge in [0.15, 0.2) is 0 Å². The van der Waals surface area contributed by atoms with Gasteiger partial charge in [-0.3, -0.25) is 0 Å². The summed E-state index contributed by atoms with van der Waals surface area (Å²) in [6.45, 7) is 6.94. The highest BCUT2D eigenvalue weighted by Gasteiger charge is 2.13.